The molecule has 2 heterocycles. The molecule has 2 fully saturated rings. The number of unbranched alkanes of at least 4 members (excludes halogenated alkanes) is 7. The highest BCUT2D eigenvalue weighted by molar-refractivity contribution is 5.18. The van der Waals surface area contributed by atoms with E-state index >= 15 is 0 Å². The zero-order valence-corrected chi connectivity index (χ0v) is 20.3. The van der Waals surface area contributed by atoms with Crippen LogP contribution in [-0.2, 0) is 9.47 Å². The average Bonchev–Trinajstić information content (AvgIpc) is 2.84. The molecule has 0 saturated carbocycles. The Kier molecular flexibility index (Phi) is 12.6. The summed E-state index contributed by atoms with van der Waals surface area (Å²) in [6, 6.07) is 10.6. The molecule has 0 aromatic heterocycles. The summed E-state index contributed by atoms with van der Waals surface area (Å²) in [7, 11) is 0. The van der Waals surface area contributed by atoms with Gasteiger partial charge in [0.1, 0.15) is 0 Å². The summed E-state index contributed by atoms with van der Waals surface area (Å²) in [6.45, 7) is 8.66. The number of hydrogen-bond acceptors (Lipinski definition) is 5. The van der Waals surface area contributed by atoms with E-state index in [9.17, 15) is 0 Å². The lowest BCUT2D eigenvalue weighted by atomic mass is 10.1. The Hall–Kier alpha value is -0.980. The van der Waals surface area contributed by atoms with Crippen LogP contribution < -0.4 is 5.73 Å². The van der Waals surface area contributed by atoms with Crippen molar-refractivity contribution in [2.75, 3.05) is 52.5 Å². The Morgan fingerprint density at radius 3 is 2.19 bits per heavy atom. The lowest BCUT2D eigenvalue weighted by molar-refractivity contribution is -0.162. The fraction of sp³-hybridized carbons (Fsp3) is 0.778. The molecule has 2 aliphatic rings. The number of benzene rings is 1. The fourth-order valence-electron chi connectivity index (χ4n) is 4.83. The van der Waals surface area contributed by atoms with Gasteiger partial charge in [0.2, 0.25) is 0 Å². The van der Waals surface area contributed by atoms with Gasteiger partial charge in [0, 0.05) is 52.0 Å². The topological polar surface area (TPSA) is 51.0 Å². The first-order chi connectivity index (χ1) is 15.8. The zero-order valence-electron chi connectivity index (χ0n) is 20.3. The zero-order chi connectivity index (χ0) is 22.3. The lowest BCUT2D eigenvalue weighted by Gasteiger charge is -2.36. The first-order valence-corrected chi connectivity index (χ1v) is 13.3. The summed E-state index contributed by atoms with van der Waals surface area (Å²) in [5.74, 6) is 0. The number of ether oxygens (including phenoxy) is 2. The van der Waals surface area contributed by atoms with Crippen LogP contribution in [0, 0.1) is 0 Å². The van der Waals surface area contributed by atoms with Crippen molar-refractivity contribution in [2.45, 2.75) is 83.0 Å². The predicted octanol–water partition coefficient (Wildman–Crippen LogP) is 4.97. The van der Waals surface area contributed by atoms with E-state index in [1.165, 1.54) is 89.4 Å². The Bertz CT molecular complexity index is 572. The maximum atomic E-state index is 6.40. The summed E-state index contributed by atoms with van der Waals surface area (Å²) in [6.07, 6.45) is 14.3. The standard InChI is InChI=1S/C27H47N3O2/c28-26(25-14-8-7-9-15-25)24-30-20-18-29(19-21-30)17-11-5-3-1-2-4-6-12-22-31-27-16-10-13-23-32-27/h7-9,14-15,26-27H,1-6,10-13,16-24,28H2. The third kappa shape index (κ3) is 10.3. The molecule has 2 aliphatic heterocycles. The van der Waals surface area contributed by atoms with Crippen molar-refractivity contribution in [3.63, 3.8) is 0 Å². The van der Waals surface area contributed by atoms with Crippen LogP contribution >= 0.6 is 0 Å². The minimum atomic E-state index is 0.0820. The van der Waals surface area contributed by atoms with Gasteiger partial charge >= 0.3 is 0 Å². The molecule has 2 N–H and O–H groups in total. The predicted molar refractivity (Wildman–Crippen MR) is 133 cm³/mol. The van der Waals surface area contributed by atoms with Crippen molar-refractivity contribution in [3.8, 4) is 0 Å². The van der Waals surface area contributed by atoms with Gasteiger partial charge in [0.15, 0.2) is 6.29 Å². The van der Waals surface area contributed by atoms with E-state index in [4.69, 9.17) is 15.2 Å². The van der Waals surface area contributed by atoms with Gasteiger partial charge in [0.25, 0.3) is 0 Å². The van der Waals surface area contributed by atoms with Crippen LogP contribution in [0.3, 0.4) is 0 Å². The van der Waals surface area contributed by atoms with Crippen molar-refractivity contribution < 1.29 is 9.47 Å². The Morgan fingerprint density at radius 1 is 0.844 bits per heavy atom. The van der Waals surface area contributed by atoms with Crippen LogP contribution in [-0.4, -0.2) is 68.6 Å². The fourth-order valence-corrected chi connectivity index (χ4v) is 4.83. The normalized spacial score (nSPS) is 21.6. The first kappa shape index (κ1) is 25.6. The second-order valence-electron chi connectivity index (χ2n) is 9.65. The van der Waals surface area contributed by atoms with Crippen LogP contribution in [0.2, 0.25) is 0 Å². The summed E-state index contributed by atoms with van der Waals surface area (Å²) < 4.78 is 11.4. The molecule has 5 nitrogen and oxygen atoms in total. The van der Waals surface area contributed by atoms with E-state index in [1.54, 1.807) is 0 Å². The smallest absolute Gasteiger partial charge is 0.157 e. The molecule has 32 heavy (non-hydrogen) atoms. The molecule has 0 aliphatic carbocycles. The highest BCUT2D eigenvalue weighted by Crippen LogP contribution is 2.16. The molecule has 1 aromatic rings. The minimum Gasteiger partial charge on any atom is -0.353 e. The van der Waals surface area contributed by atoms with E-state index in [0.29, 0.717) is 0 Å². The van der Waals surface area contributed by atoms with Crippen molar-refractivity contribution in [2.24, 2.45) is 5.73 Å². The summed E-state index contributed by atoms with van der Waals surface area (Å²) in [5.41, 5.74) is 7.64. The number of piperazine rings is 1. The maximum absolute atomic E-state index is 6.40. The van der Waals surface area contributed by atoms with Crippen LogP contribution in [0.4, 0.5) is 0 Å². The molecular weight excluding hydrogens is 398 g/mol. The second-order valence-corrected chi connectivity index (χ2v) is 9.65. The number of nitrogens with zero attached hydrogens (tertiary/aromatic N) is 2. The highest BCUT2D eigenvalue weighted by Gasteiger charge is 2.19. The summed E-state index contributed by atoms with van der Waals surface area (Å²) in [5, 5.41) is 0. The Labute approximate surface area is 196 Å². The van der Waals surface area contributed by atoms with Crippen LogP contribution in [0.5, 0.6) is 0 Å². The molecule has 0 amide bonds. The van der Waals surface area contributed by atoms with Gasteiger partial charge in [0.05, 0.1) is 0 Å². The highest BCUT2D eigenvalue weighted by atomic mass is 16.7. The molecule has 5 heteroatoms. The third-order valence-electron chi connectivity index (χ3n) is 6.96. The molecule has 1 aromatic carbocycles. The monoisotopic (exact) mass is 445 g/mol. The van der Waals surface area contributed by atoms with E-state index in [-0.39, 0.29) is 12.3 Å². The van der Waals surface area contributed by atoms with Gasteiger partial charge in [-0.15, -0.1) is 0 Å². The third-order valence-corrected chi connectivity index (χ3v) is 6.96. The molecule has 182 valence electrons. The summed E-state index contributed by atoms with van der Waals surface area (Å²) in [4.78, 5) is 5.17. The van der Waals surface area contributed by atoms with Crippen molar-refractivity contribution in [1.82, 2.24) is 9.80 Å². The van der Waals surface area contributed by atoms with Crippen LogP contribution in [0.25, 0.3) is 0 Å². The Balaban J connectivity index is 1.09. The summed E-state index contributed by atoms with van der Waals surface area (Å²) >= 11 is 0. The van der Waals surface area contributed by atoms with Gasteiger partial charge in [-0.25, -0.2) is 0 Å². The number of nitrogens with two attached hydrogens (primary N) is 1. The van der Waals surface area contributed by atoms with Gasteiger partial charge in [-0.3, -0.25) is 4.90 Å². The Morgan fingerprint density at radius 2 is 1.50 bits per heavy atom. The van der Waals surface area contributed by atoms with E-state index in [0.717, 1.165) is 39.3 Å². The molecule has 3 rings (SSSR count). The van der Waals surface area contributed by atoms with Crippen molar-refractivity contribution >= 4 is 0 Å². The largest absolute Gasteiger partial charge is 0.353 e. The van der Waals surface area contributed by atoms with Gasteiger partial charge in [-0.1, -0.05) is 68.9 Å². The van der Waals surface area contributed by atoms with Crippen LogP contribution in [0.1, 0.15) is 82.2 Å². The van der Waals surface area contributed by atoms with Crippen LogP contribution in [0.15, 0.2) is 30.3 Å². The molecular formula is C27H47N3O2. The van der Waals surface area contributed by atoms with E-state index in [1.807, 2.05) is 0 Å². The van der Waals surface area contributed by atoms with E-state index in [2.05, 4.69) is 40.1 Å². The molecule has 2 atom stereocenters. The molecule has 0 radical (unpaired) electrons. The minimum absolute atomic E-state index is 0.0820. The first-order valence-electron chi connectivity index (χ1n) is 13.3. The molecule has 0 spiro atoms. The van der Waals surface area contributed by atoms with Crippen molar-refractivity contribution in [1.29, 1.82) is 0 Å². The lowest BCUT2D eigenvalue weighted by Crippen LogP contribution is -2.48. The second kappa shape index (κ2) is 15.8. The maximum Gasteiger partial charge on any atom is 0.157 e. The van der Waals surface area contributed by atoms with Gasteiger partial charge in [-0.2, -0.15) is 0 Å². The number of rotatable bonds is 15. The quantitative estimate of drug-likeness (QED) is 0.386. The van der Waals surface area contributed by atoms with Gasteiger partial charge < -0.3 is 20.1 Å². The van der Waals surface area contributed by atoms with Crippen molar-refractivity contribution in [3.05, 3.63) is 35.9 Å². The SMILES string of the molecule is NC(CN1CCN(CCCCCCCCCCOC2CCCCO2)CC1)c1ccccc1. The van der Waals surface area contributed by atoms with E-state index < -0.39 is 0 Å². The number of hydrogen-bond donors (Lipinski definition) is 1. The van der Waals surface area contributed by atoms with Gasteiger partial charge in [-0.05, 0) is 44.2 Å². The molecule has 0 bridgehead atoms. The average molecular weight is 446 g/mol. The molecule has 2 saturated heterocycles. The molecule has 2 unspecified atom stereocenters.